The number of nitrogen functional groups attached to an aromatic ring is 1. The Labute approximate surface area is 106 Å². The predicted molar refractivity (Wildman–Crippen MR) is 70.1 cm³/mol. The first kappa shape index (κ1) is 10.5. The third kappa shape index (κ3) is 1.85. The zero-order valence-corrected chi connectivity index (χ0v) is 10.6. The van der Waals surface area contributed by atoms with E-state index in [2.05, 4.69) is 15.5 Å². The molecule has 3 aromatic heterocycles. The monoisotopic (exact) mass is 263 g/mol. The molecule has 2 N–H and O–H groups in total. The second-order valence-corrected chi connectivity index (χ2v) is 5.45. The van der Waals surface area contributed by atoms with E-state index >= 15 is 0 Å². The van der Waals surface area contributed by atoms with Crippen LogP contribution in [-0.2, 0) is 0 Å². The molecular weight excluding hydrogens is 254 g/mol. The van der Waals surface area contributed by atoms with Crippen molar-refractivity contribution in [1.82, 2.24) is 10.1 Å². The Kier molecular flexibility index (Phi) is 2.45. The summed E-state index contributed by atoms with van der Waals surface area (Å²) in [7, 11) is 0. The van der Waals surface area contributed by atoms with Crippen LogP contribution in [0.4, 0.5) is 5.00 Å². The molecule has 0 saturated heterocycles. The topological polar surface area (TPSA) is 64.9 Å². The molecule has 0 unspecified atom stereocenters. The van der Waals surface area contributed by atoms with Crippen molar-refractivity contribution in [2.45, 2.75) is 6.92 Å². The molecule has 86 valence electrons. The second kappa shape index (κ2) is 3.97. The number of nitrogens with zero attached hydrogens (tertiary/aromatic N) is 2. The average molecular weight is 263 g/mol. The van der Waals surface area contributed by atoms with Gasteiger partial charge in [-0.05, 0) is 30.0 Å². The summed E-state index contributed by atoms with van der Waals surface area (Å²) in [6.07, 6.45) is 0. The normalized spacial score (nSPS) is 10.9. The van der Waals surface area contributed by atoms with Crippen LogP contribution >= 0.6 is 22.7 Å². The van der Waals surface area contributed by atoms with Gasteiger partial charge in [-0.15, -0.1) is 11.3 Å². The van der Waals surface area contributed by atoms with E-state index in [-0.39, 0.29) is 0 Å². The summed E-state index contributed by atoms with van der Waals surface area (Å²) < 4.78 is 5.24. The molecule has 0 aromatic carbocycles. The van der Waals surface area contributed by atoms with Gasteiger partial charge in [-0.2, -0.15) is 16.3 Å². The minimum atomic E-state index is 0.521. The highest BCUT2D eigenvalue weighted by Gasteiger charge is 2.13. The van der Waals surface area contributed by atoms with Crippen molar-refractivity contribution in [1.29, 1.82) is 0 Å². The van der Waals surface area contributed by atoms with E-state index in [1.807, 2.05) is 24.4 Å². The quantitative estimate of drug-likeness (QED) is 0.769. The highest BCUT2D eigenvalue weighted by atomic mass is 32.1. The van der Waals surface area contributed by atoms with Crippen LogP contribution in [0.15, 0.2) is 27.4 Å². The molecule has 0 aliphatic rings. The van der Waals surface area contributed by atoms with E-state index in [9.17, 15) is 0 Å². The molecule has 0 spiro atoms. The Bertz CT molecular complexity index is 653. The lowest BCUT2D eigenvalue weighted by Crippen LogP contribution is -1.79. The van der Waals surface area contributed by atoms with Crippen molar-refractivity contribution in [2.24, 2.45) is 0 Å². The fourth-order valence-electron chi connectivity index (χ4n) is 1.49. The lowest BCUT2D eigenvalue weighted by molar-refractivity contribution is 0.433. The molecule has 3 rings (SSSR count). The third-order valence-corrected chi connectivity index (χ3v) is 4.12. The lowest BCUT2D eigenvalue weighted by Gasteiger charge is -1.88. The lowest BCUT2D eigenvalue weighted by atomic mass is 10.2. The third-order valence-electron chi connectivity index (χ3n) is 2.36. The van der Waals surface area contributed by atoms with Crippen LogP contribution in [0.1, 0.15) is 5.56 Å². The minimum absolute atomic E-state index is 0.521. The summed E-state index contributed by atoms with van der Waals surface area (Å²) in [4.78, 5) is 5.28. The van der Waals surface area contributed by atoms with E-state index in [0.29, 0.717) is 11.7 Å². The number of anilines is 1. The molecule has 0 saturated carbocycles. The van der Waals surface area contributed by atoms with Gasteiger partial charge in [-0.25, -0.2) is 0 Å². The molecule has 3 heterocycles. The van der Waals surface area contributed by atoms with Crippen LogP contribution in [0, 0.1) is 6.92 Å². The molecule has 17 heavy (non-hydrogen) atoms. The molecule has 0 bridgehead atoms. The van der Waals surface area contributed by atoms with E-state index in [1.165, 1.54) is 11.3 Å². The van der Waals surface area contributed by atoms with Crippen LogP contribution in [0.5, 0.6) is 0 Å². The second-order valence-electron chi connectivity index (χ2n) is 3.59. The van der Waals surface area contributed by atoms with Crippen LogP contribution in [0.25, 0.3) is 22.2 Å². The van der Waals surface area contributed by atoms with Gasteiger partial charge in [0.2, 0.25) is 5.82 Å². The molecule has 3 aromatic rings. The molecule has 6 heteroatoms. The Morgan fingerprint density at radius 1 is 1.29 bits per heavy atom. The number of rotatable bonds is 2. The van der Waals surface area contributed by atoms with Crippen LogP contribution < -0.4 is 5.73 Å². The zero-order chi connectivity index (χ0) is 11.8. The molecule has 0 aliphatic heterocycles. The van der Waals surface area contributed by atoms with Gasteiger partial charge in [0.05, 0.1) is 9.88 Å². The molecular formula is C11H9N3OS2. The molecule has 0 radical (unpaired) electrons. The first-order chi connectivity index (χ1) is 8.24. The van der Waals surface area contributed by atoms with Crippen molar-refractivity contribution >= 4 is 27.7 Å². The molecule has 0 aliphatic carbocycles. The van der Waals surface area contributed by atoms with Crippen molar-refractivity contribution in [3.63, 3.8) is 0 Å². The van der Waals surface area contributed by atoms with Crippen LogP contribution in [-0.4, -0.2) is 10.1 Å². The highest BCUT2D eigenvalue weighted by molar-refractivity contribution is 7.19. The van der Waals surface area contributed by atoms with Crippen molar-refractivity contribution in [2.75, 3.05) is 5.73 Å². The molecule has 0 fully saturated rings. The summed E-state index contributed by atoms with van der Waals surface area (Å²) in [6.45, 7) is 2.03. The van der Waals surface area contributed by atoms with E-state index in [1.54, 1.807) is 11.3 Å². The number of thiophene rings is 2. The SMILES string of the molecule is Cc1cscc1-c1noc(-c2ccc(N)s2)n1. The highest BCUT2D eigenvalue weighted by Crippen LogP contribution is 2.31. The summed E-state index contributed by atoms with van der Waals surface area (Å²) in [5, 5.41) is 8.82. The summed E-state index contributed by atoms with van der Waals surface area (Å²) >= 11 is 3.07. The number of hydrogen-bond donors (Lipinski definition) is 1. The predicted octanol–water partition coefficient (Wildman–Crippen LogP) is 3.42. The Morgan fingerprint density at radius 3 is 2.82 bits per heavy atom. The maximum Gasteiger partial charge on any atom is 0.268 e. The first-order valence-electron chi connectivity index (χ1n) is 4.96. The van der Waals surface area contributed by atoms with E-state index < -0.39 is 0 Å². The smallest absolute Gasteiger partial charge is 0.268 e. The zero-order valence-electron chi connectivity index (χ0n) is 9.01. The number of aryl methyl sites for hydroxylation is 1. The average Bonchev–Trinajstić information content (AvgIpc) is 2.97. The Hall–Kier alpha value is -1.66. The van der Waals surface area contributed by atoms with Crippen LogP contribution in [0.3, 0.4) is 0 Å². The van der Waals surface area contributed by atoms with Gasteiger partial charge in [0.25, 0.3) is 5.89 Å². The summed E-state index contributed by atoms with van der Waals surface area (Å²) in [6, 6.07) is 3.72. The largest absolute Gasteiger partial charge is 0.391 e. The van der Waals surface area contributed by atoms with Gasteiger partial charge in [-0.3, -0.25) is 0 Å². The van der Waals surface area contributed by atoms with Crippen molar-refractivity contribution < 1.29 is 4.52 Å². The van der Waals surface area contributed by atoms with Gasteiger partial charge < -0.3 is 10.3 Å². The molecule has 0 atom stereocenters. The van der Waals surface area contributed by atoms with Gasteiger partial charge >= 0.3 is 0 Å². The van der Waals surface area contributed by atoms with Gasteiger partial charge in [0.15, 0.2) is 0 Å². The van der Waals surface area contributed by atoms with Gasteiger partial charge in [0, 0.05) is 10.9 Å². The number of aromatic nitrogens is 2. The standard InChI is InChI=1S/C11H9N3OS2/c1-6-4-16-5-7(6)10-13-11(15-14-10)8-2-3-9(12)17-8/h2-5H,12H2,1H3. The van der Waals surface area contributed by atoms with E-state index in [0.717, 1.165) is 21.0 Å². The summed E-state index contributed by atoms with van der Waals surface area (Å²) in [5.41, 5.74) is 7.85. The number of nitrogens with two attached hydrogens (primary N) is 1. The first-order valence-corrected chi connectivity index (χ1v) is 6.72. The van der Waals surface area contributed by atoms with Crippen LogP contribution in [0.2, 0.25) is 0 Å². The fourth-order valence-corrected chi connectivity index (χ4v) is 3.01. The molecule has 4 nitrogen and oxygen atoms in total. The maximum absolute atomic E-state index is 5.67. The van der Waals surface area contributed by atoms with Crippen molar-refractivity contribution in [3.05, 3.63) is 28.5 Å². The van der Waals surface area contributed by atoms with Crippen molar-refractivity contribution in [3.8, 4) is 22.2 Å². The number of hydrogen-bond acceptors (Lipinski definition) is 6. The Balaban J connectivity index is 2.01. The Morgan fingerprint density at radius 2 is 2.18 bits per heavy atom. The maximum atomic E-state index is 5.67. The molecule has 0 amide bonds. The fraction of sp³-hybridized carbons (Fsp3) is 0.0909. The summed E-state index contributed by atoms with van der Waals surface area (Å²) in [5.74, 6) is 1.15. The van der Waals surface area contributed by atoms with Gasteiger partial charge in [-0.1, -0.05) is 5.16 Å². The minimum Gasteiger partial charge on any atom is -0.391 e. The van der Waals surface area contributed by atoms with Gasteiger partial charge in [0.1, 0.15) is 0 Å². The van der Waals surface area contributed by atoms with E-state index in [4.69, 9.17) is 10.3 Å².